The maximum atomic E-state index is 11.5. The molecule has 0 bridgehead atoms. The fourth-order valence-electron chi connectivity index (χ4n) is 1.32. The number of thiol groups is 1. The second-order valence-electron chi connectivity index (χ2n) is 3.72. The Morgan fingerprint density at radius 2 is 2.25 bits per heavy atom. The van der Waals surface area contributed by atoms with E-state index in [0.717, 1.165) is 20.1 Å². The smallest absolute Gasteiger partial charge is 0.228 e. The molecule has 2 aromatic rings. The number of carbonyl (C=O) groups is 1. The molecule has 0 radical (unpaired) electrons. The lowest BCUT2D eigenvalue weighted by Crippen LogP contribution is -2.23. The zero-order valence-corrected chi connectivity index (χ0v) is 10.8. The lowest BCUT2D eigenvalue weighted by molar-refractivity contribution is -0.127. The van der Waals surface area contributed by atoms with E-state index in [-0.39, 0.29) is 5.91 Å². The van der Waals surface area contributed by atoms with Crippen LogP contribution in [-0.4, -0.2) is 29.9 Å². The van der Waals surface area contributed by atoms with Gasteiger partial charge in [0, 0.05) is 19.0 Å². The average Bonchev–Trinajstić information content (AvgIpc) is 2.58. The average molecular weight is 252 g/mol. The van der Waals surface area contributed by atoms with Gasteiger partial charge in [0.25, 0.3) is 0 Å². The molecule has 0 unspecified atom stereocenters. The Balaban J connectivity index is 2.29. The van der Waals surface area contributed by atoms with Crippen LogP contribution in [0, 0.1) is 0 Å². The largest absolute Gasteiger partial charge is 0.348 e. The summed E-state index contributed by atoms with van der Waals surface area (Å²) >= 11 is 5.83. The normalized spacial score (nSPS) is 10.7. The lowest BCUT2D eigenvalue weighted by atomic mass is 10.3. The van der Waals surface area contributed by atoms with Crippen molar-refractivity contribution in [2.45, 2.75) is 11.3 Å². The summed E-state index contributed by atoms with van der Waals surface area (Å²) in [6, 6.07) is 5.81. The number of aromatic nitrogens is 1. The molecule has 0 atom stereocenters. The van der Waals surface area contributed by atoms with Crippen molar-refractivity contribution in [3.63, 3.8) is 0 Å². The highest BCUT2D eigenvalue weighted by Crippen LogP contribution is 2.24. The van der Waals surface area contributed by atoms with E-state index in [2.05, 4.69) is 17.6 Å². The van der Waals surface area contributed by atoms with E-state index in [1.165, 1.54) is 0 Å². The maximum Gasteiger partial charge on any atom is 0.228 e. The second-order valence-corrected chi connectivity index (χ2v) is 5.36. The number of nitrogens with zero attached hydrogens (tertiary/aromatic N) is 2. The van der Waals surface area contributed by atoms with Crippen molar-refractivity contribution in [2.24, 2.45) is 0 Å². The van der Waals surface area contributed by atoms with Crippen LogP contribution >= 0.6 is 24.0 Å². The maximum absolute atomic E-state index is 11.5. The predicted octanol–water partition coefficient (Wildman–Crippen LogP) is 2.22. The highest BCUT2D eigenvalue weighted by molar-refractivity contribution is 7.80. The zero-order valence-electron chi connectivity index (χ0n) is 9.10. The van der Waals surface area contributed by atoms with Crippen molar-refractivity contribution in [2.75, 3.05) is 14.1 Å². The molecule has 5 heteroatoms. The Morgan fingerprint density at radius 1 is 1.50 bits per heavy atom. The van der Waals surface area contributed by atoms with Gasteiger partial charge in [-0.3, -0.25) is 4.79 Å². The van der Waals surface area contributed by atoms with Gasteiger partial charge in [-0.05, 0) is 18.2 Å². The minimum atomic E-state index is 0.0742. The molecule has 1 aromatic heterocycles. The molecule has 3 nitrogen and oxygen atoms in total. The van der Waals surface area contributed by atoms with Crippen LogP contribution in [-0.2, 0) is 11.2 Å². The Bertz CT molecular complexity index is 534. The number of likely N-dealkylation sites (N-methyl/N-ethyl adjacent to an activating group) is 1. The molecule has 16 heavy (non-hydrogen) atoms. The van der Waals surface area contributed by atoms with Crippen LogP contribution in [0.1, 0.15) is 5.01 Å². The van der Waals surface area contributed by atoms with Gasteiger partial charge in [-0.1, -0.05) is 0 Å². The first-order chi connectivity index (χ1) is 7.56. The quantitative estimate of drug-likeness (QED) is 0.831. The van der Waals surface area contributed by atoms with Gasteiger partial charge in [-0.2, -0.15) is 0 Å². The van der Waals surface area contributed by atoms with Crippen LogP contribution in [0.2, 0.25) is 0 Å². The topological polar surface area (TPSA) is 33.2 Å². The number of rotatable bonds is 2. The van der Waals surface area contributed by atoms with E-state index in [1.807, 2.05) is 18.2 Å². The van der Waals surface area contributed by atoms with Crippen molar-refractivity contribution in [3.05, 3.63) is 23.2 Å². The number of carbonyl (C=O) groups excluding carboxylic acids is 1. The summed E-state index contributed by atoms with van der Waals surface area (Å²) in [4.78, 5) is 18.4. The van der Waals surface area contributed by atoms with Crippen LogP contribution in [0.15, 0.2) is 23.1 Å². The standard InChI is InChI=1S/C11H12N2OS2/c1-13(2)11(14)6-10-12-8-4-3-7(15)5-9(8)16-10/h3-5,15H,6H2,1-2H3. The minimum absolute atomic E-state index is 0.0742. The van der Waals surface area contributed by atoms with Gasteiger partial charge in [-0.15, -0.1) is 24.0 Å². The third-order valence-electron chi connectivity index (χ3n) is 2.22. The van der Waals surface area contributed by atoms with Crippen LogP contribution < -0.4 is 0 Å². The second kappa shape index (κ2) is 4.43. The van der Waals surface area contributed by atoms with E-state index in [1.54, 1.807) is 30.3 Å². The van der Waals surface area contributed by atoms with Gasteiger partial charge in [0.05, 0.1) is 16.6 Å². The van der Waals surface area contributed by atoms with Crippen LogP contribution in [0.4, 0.5) is 0 Å². The van der Waals surface area contributed by atoms with Crippen LogP contribution in [0.3, 0.4) is 0 Å². The highest BCUT2D eigenvalue weighted by Gasteiger charge is 2.10. The number of benzene rings is 1. The van der Waals surface area contributed by atoms with Crippen molar-refractivity contribution in [3.8, 4) is 0 Å². The molecule has 84 valence electrons. The molecule has 2 rings (SSSR count). The monoisotopic (exact) mass is 252 g/mol. The molecule has 1 aromatic carbocycles. The van der Waals surface area contributed by atoms with Gasteiger partial charge in [0.2, 0.25) is 5.91 Å². The van der Waals surface area contributed by atoms with Crippen LogP contribution in [0.5, 0.6) is 0 Å². The predicted molar refractivity (Wildman–Crippen MR) is 69.3 cm³/mol. The number of amides is 1. The Morgan fingerprint density at radius 3 is 2.94 bits per heavy atom. The summed E-state index contributed by atoms with van der Waals surface area (Å²) in [6.07, 6.45) is 0.369. The molecular formula is C11H12N2OS2. The Kier molecular flexibility index (Phi) is 3.16. The van der Waals surface area contributed by atoms with E-state index < -0.39 is 0 Å². The summed E-state index contributed by atoms with van der Waals surface area (Å²) < 4.78 is 1.08. The summed E-state index contributed by atoms with van der Waals surface area (Å²) in [5.74, 6) is 0.0742. The van der Waals surface area contributed by atoms with E-state index >= 15 is 0 Å². The van der Waals surface area contributed by atoms with E-state index in [4.69, 9.17) is 0 Å². The molecule has 1 heterocycles. The molecule has 0 spiro atoms. The van der Waals surface area contributed by atoms with Crippen molar-refractivity contribution >= 4 is 40.1 Å². The molecule has 0 aliphatic rings. The minimum Gasteiger partial charge on any atom is -0.348 e. The van der Waals surface area contributed by atoms with E-state index in [9.17, 15) is 4.79 Å². The summed E-state index contributed by atoms with van der Waals surface area (Å²) in [7, 11) is 3.50. The van der Waals surface area contributed by atoms with Gasteiger partial charge in [-0.25, -0.2) is 4.98 Å². The summed E-state index contributed by atoms with van der Waals surface area (Å²) in [5, 5.41) is 0.854. The fourth-order valence-corrected chi connectivity index (χ4v) is 2.61. The molecule has 0 N–H and O–H groups in total. The number of fused-ring (bicyclic) bond motifs is 1. The molecule has 0 fully saturated rings. The number of hydrogen-bond acceptors (Lipinski definition) is 4. The third-order valence-corrected chi connectivity index (χ3v) is 3.51. The number of thiazole rings is 1. The SMILES string of the molecule is CN(C)C(=O)Cc1nc2ccc(S)cc2s1. The van der Waals surface area contributed by atoms with E-state index in [0.29, 0.717) is 6.42 Å². The molecule has 0 aliphatic heterocycles. The van der Waals surface area contributed by atoms with Crippen molar-refractivity contribution < 1.29 is 4.79 Å². The van der Waals surface area contributed by atoms with Gasteiger partial charge in [0.15, 0.2) is 0 Å². The number of hydrogen-bond donors (Lipinski definition) is 1. The molecule has 0 saturated heterocycles. The highest BCUT2D eigenvalue weighted by atomic mass is 32.1. The van der Waals surface area contributed by atoms with Crippen LogP contribution in [0.25, 0.3) is 10.2 Å². The zero-order chi connectivity index (χ0) is 11.7. The first-order valence-corrected chi connectivity index (χ1v) is 6.11. The molecule has 0 saturated carbocycles. The Labute approximate surface area is 104 Å². The Hall–Kier alpha value is -1.07. The van der Waals surface area contributed by atoms with Crippen molar-refractivity contribution in [1.29, 1.82) is 0 Å². The molecule has 1 amide bonds. The molecule has 0 aliphatic carbocycles. The van der Waals surface area contributed by atoms with Gasteiger partial charge in [0.1, 0.15) is 5.01 Å². The fraction of sp³-hybridized carbons (Fsp3) is 0.273. The molecular weight excluding hydrogens is 240 g/mol. The third kappa shape index (κ3) is 2.36. The van der Waals surface area contributed by atoms with Crippen molar-refractivity contribution in [1.82, 2.24) is 9.88 Å². The summed E-state index contributed by atoms with van der Waals surface area (Å²) in [6.45, 7) is 0. The first kappa shape index (κ1) is 11.4. The lowest BCUT2D eigenvalue weighted by Gasteiger charge is -2.07. The first-order valence-electron chi connectivity index (χ1n) is 4.85. The van der Waals surface area contributed by atoms with Gasteiger partial charge < -0.3 is 4.90 Å². The summed E-state index contributed by atoms with van der Waals surface area (Å²) in [5.41, 5.74) is 0.935. The van der Waals surface area contributed by atoms with Gasteiger partial charge >= 0.3 is 0 Å².